The fourth-order valence-electron chi connectivity index (χ4n) is 4.77. The van der Waals surface area contributed by atoms with Gasteiger partial charge in [-0.25, -0.2) is 4.79 Å². The van der Waals surface area contributed by atoms with Gasteiger partial charge in [-0.2, -0.15) is 13.2 Å². The summed E-state index contributed by atoms with van der Waals surface area (Å²) in [6, 6.07) is 13.9. The van der Waals surface area contributed by atoms with E-state index in [1.165, 1.54) is 12.1 Å². The zero-order valence-corrected chi connectivity index (χ0v) is 18.2. The van der Waals surface area contributed by atoms with Crippen LogP contribution in [0.25, 0.3) is 0 Å². The number of carbonyl (C=O) groups is 2. The normalized spacial score (nSPS) is 27.9. The van der Waals surface area contributed by atoms with Crippen LogP contribution in [0.5, 0.6) is 0 Å². The molecule has 2 fully saturated rings. The average molecular weight is 446 g/mol. The second kappa shape index (κ2) is 7.44. The molecule has 0 saturated carbocycles. The molecule has 2 heterocycles. The molecule has 2 bridgehead atoms. The molecule has 2 aromatic rings. The van der Waals surface area contributed by atoms with Gasteiger partial charge in [0.25, 0.3) is 0 Å². The summed E-state index contributed by atoms with van der Waals surface area (Å²) in [5, 5.41) is 0. The molecule has 32 heavy (non-hydrogen) atoms. The zero-order chi connectivity index (χ0) is 23.4. The van der Waals surface area contributed by atoms with Crippen molar-refractivity contribution < 1.29 is 32.2 Å². The first kappa shape index (κ1) is 22.5. The molecule has 0 unspecified atom stereocenters. The molecule has 3 atom stereocenters. The molecular weight excluding hydrogens is 421 g/mol. The SMILES string of the molecule is CC(C)(C)OC(=O)[C@]12O[C@](c3ccccc3)(CCC1=O)C[C@H]2c1ccc(C(F)(F)F)cc1. The van der Waals surface area contributed by atoms with Crippen LogP contribution in [0.2, 0.25) is 0 Å². The van der Waals surface area contributed by atoms with Crippen molar-refractivity contribution >= 4 is 11.8 Å². The van der Waals surface area contributed by atoms with Gasteiger partial charge < -0.3 is 9.47 Å². The molecule has 2 saturated heterocycles. The van der Waals surface area contributed by atoms with Crippen LogP contribution >= 0.6 is 0 Å². The van der Waals surface area contributed by atoms with Crippen LogP contribution in [0.1, 0.15) is 62.6 Å². The molecular formula is C25H25F3O4. The van der Waals surface area contributed by atoms with Gasteiger partial charge in [0, 0.05) is 12.3 Å². The van der Waals surface area contributed by atoms with Gasteiger partial charge in [0.05, 0.1) is 11.2 Å². The second-order valence-electron chi connectivity index (χ2n) is 9.50. The molecule has 0 N–H and O–H groups in total. The number of halogens is 3. The molecule has 2 aliphatic heterocycles. The summed E-state index contributed by atoms with van der Waals surface area (Å²) in [5.74, 6) is -1.96. The van der Waals surface area contributed by atoms with Crippen molar-refractivity contribution in [3.05, 3.63) is 71.3 Å². The summed E-state index contributed by atoms with van der Waals surface area (Å²) >= 11 is 0. The van der Waals surface area contributed by atoms with Crippen molar-refractivity contribution in [3.8, 4) is 0 Å². The fraction of sp³-hybridized carbons (Fsp3) is 0.440. The van der Waals surface area contributed by atoms with Crippen molar-refractivity contribution in [3.63, 3.8) is 0 Å². The van der Waals surface area contributed by atoms with Crippen molar-refractivity contribution in [2.24, 2.45) is 0 Å². The monoisotopic (exact) mass is 446 g/mol. The van der Waals surface area contributed by atoms with Crippen LogP contribution in [-0.4, -0.2) is 23.0 Å². The number of Topliss-reactive ketones (excluding diaryl/α,β-unsaturated/α-hetero) is 1. The Balaban J connectivity index is 1.84. The third-order valence-electron chi connectivity index (χ3n) is 6.19. The maximum Gasteiger partial charge on any atom is 0.416 e. The number of ether oxygens (including phenoxy) is 2. The number of rotatable bonds is 3. The van der Waals surface area contributed by atoms with Gasteiger partial charge in [-0.05, 0) is 56.9 Å². The maximum absolute atomic E-state index is 13.4. The lowest BCUT2D eigenvalue weighted by Crippen LogP contribution is -2.56. The maximum atomic E-state index is 13.4. The molecule has 2 aliphatic rings. The Bertz CT molecular complexity index is 1020. The molecule has 4 nitrogen and oxygen atoms in total. The van der Waals surface area contributed by atoms with E-state index in [1.54, 1.807) is 20.8 Å². The van der Waals surface area contributed by atoms with Crippen LogP contribution in [0, 0.1) is 0 Å². The van der Waals surface area contributed by atoms with Gasteiger partial charge in [0.15, 0.2) is 5.78 Å². The largest absolute Gasteiger partial charge is 0.457 e. The van der Waals surface area contributed by atoms with E-state index in [0.29, 0.717) is 12.0 Å². The molecule has 170 valence electrons. The molecule has 0 amide bonds. The van der Waals surface area contributed by atoms with E-state index in [4.69, 9.17) is 9.47 Å². The standard InChI is InChI=1S/C25H25F3O4/c1-22(2,3)31-21(30)24-19(16-9-11-18(12-10-16)25(26,27)28)15-23(32-24,14-13-20(24)29)17-7-5-4-6-8-17/h4-12,19H,13-15H2,1-3H3/t19-,23+,24+/m0/s1. The summed E-state index contributed by atoms with van der Waals surface area (Å²) in [4.78, 5) is 26.7. The van der Waals surface area contributed by atoms with Gasteiger partial charge in [0.2, 0.25) is 5.60 Å². The number of ketones is 1. The lowest BCUT2D eigenvalue weighted by Gasteiger charge is -2.40. The topological polar surface area (TPSA) is 52.6 Å². The minimum absolute atomic E-state index is 0.116. The first-order valence-corrected chi connectivity index (χ1v) is 10.6. The molecule has 0 aliphatic carbocycles. The molecule has 7 heteroatoms. The summed E-state index contributed by atoms with van der Waals surface area (Å²) in [5.41, 5.74) is -3.19. The third-order valence-corrected chi connectivity index (χ3v) is 6.19. The van der Waals surface area contributed by atoms with Crippen molar-refractivity contribution in [1.29, 1.82) is 0 Å². The first-order chi connectivity index (χ1) is 14.9. The van der Waals surface area contributed by atoms with Gasteiger partial charge >= 0.3 is 12.1 Å². The molecule has 4 rings (SSSR count). The summed E-state index contributed by atoms with van der Waals surface area (Å²) in [6.07, 6.45) is -3.69. The number of alkyl halides is 3. The Labute approximate surface area is 184 Å². The van der Waals surface area contributed by atoms with Crippen LogP contribution in [0.15, 0.2) is 54.6 Å². The molecule has 2 aromatic carbocycles. The van der Waals surface area contributed by atoms with E-state index < -0.39 is 46.2 Å². The summed E-state index contributed by atoms with van der Waals surface area (Å²) in [6.45, 7) is 5.09. The second-order valence-corrected chi connectivity index (χ2v) is 9.50. The van der Waals surface area contributed by atoms with E-state index in [1.807, 2.05) is 30.3 Å². The fourth-order valence-corrected chi connectivity index (χ4v) is 4.77. The molecule has 0 radical (unpaired) electrons. The van der Waals surface area contributed by atoms with E-state index in [2.05, 4.69) is 0 Å². The number of esters is 1. The highest BCUT2D eigenvalue weighted by molar-refractivity contribution is 6.09. The average Bonchev–Trinajstić information content (AvgIpc) is 3.03. The van der Waals surface area contributed by atoms with Crippen molar-refractivity contribution in [2.45, 2.75) is 68.9 Å². The van der Waals surface area contributed by atoms with Crippen LogP contribution in [-0.2, 0) is 30.8 Å². The number of hydrogen-bond donors (Lipinski definition) is 0. The van der Waals surface area contributed by atoms with E-state index in [9.17, 15) is 22.8 Å². The number of hydrogen-bond acceptors (Lipinski definition) is 4. The minimum atomic E-state index is -4.48. The van der Waals surface area contributed by atoms with Crippen molar-refractivity contribution in [1.82, 2.24) is 0 Å². The highest BCUT2D eigenvalue weighted by Crippen LogP contribution is 2.59. The van der Waals surface area contributed by atoms with Crippen LogP contribution in [0.4, 0.5) is 13.2 Å². The highest BCUT2D eigenvalue weighted by atomic mass is 19.4. The first-order valence-electron chi connectivity index (χ1n) is 10.6. The Morgan fingerprint density at radius 3 is 2.22 bits per heavy atom. The Kier molecular flexibility index (Phi) is 5.24. The minimum Gasteiger partial charge on any atom is -0.457 e. The van der Waals surface area contributed by atoms with Gasteiger partial charge in [-0.15, -0.1) is 0 Å². The quantitative estimate of drug-likeness (QED) is 0.458. The predicted molar refractivity (Wildman–Crippen MR) is 111 cm³/mol. The highest BCUT2D eigenvalue weighted by Gasteiger charge is 2.68. The van der Waals surface area contributed by atoms with Gasteiger partial charge in [0.1, 0.15) is 5.60 Å². The summed E-state index contributed by atoms with van der Waals surface area (Å²) in [7, 11) is 0. The molecule has 0 spiro atoms. The number of benzene rings is 2. The lowest BCUT2D eigenvalue weighted by atomic mass is 9.78. The van der Waals surface area contributed by atoms with Crippen LogP contribution < -0.4 is 0 Å². The Hall–Kier alpha value is -2.67. The Morgan fingerprint density at radius 2 is 1.66 bits per heavy atom. The molecule has 0 aromatic heterocycles. The van der Waals surface area contributed by atoms with E-state index >= 15 is 0 Å². The zero-order valence-electron chi connectivity index (χ0n) is 18.2. The third kappa shape index (κ3) is 3.72. The van der Waals surface area contributed by atoms with Crippen molar-refractivity contribution in [2.75, 3.05) is 0 Å². The van der Waals surface area contributed by atoms with Gasteiger partial charge in [-0.1, -0.05) is 42.5 Å². The van der Waals surface area contributed by atoms with E-state index in [-0.39, 0.29) is 12.8 Å². The van der Waals surface area contributed by atoms with E-state index in [0.717, 1.165) is 17.7 Å². The number of fused-ring (bicyclic) bond motifs is 2. The Morgan fingerprint density at radius 1 is 1.03 bits per heavy atom. The number of carbonyl (C=O) groups excluding carboxylic acids is 2. The van der Waals surface area contributed by atoms with Crippen LogP contribution in [0.3, 0.4) is 0 Å². The van der Waals surface area contributed by atoms with Gasteiger partial charge in [-0.3, -0.25) is 4.79 Å². The summed E-state index contributed by atoms with van der Waals surface area (Å²) < 4.78 is 51.3. The predicted octanol–water partition coefficient (Wildman–Crippen LogP) is 5.55. The smallest absolute Gasteiger partial charge is 0.416 e. The lowest BCUT2D eigenvalue weighted by molar-refractivity contribution is -0.202.